The number of nitrogens with zero attached hydrogens (tertiary/aromatic N) is 1. The number of hydrogen-bond donors (Lipinski definition) is 3. The summed E-state index contributed by atoms with van der Waals surface area (Å²) >= 11 is 1.66. The van der Waals surface area contributed by atoms with Gasteiger partial charge in [-0.1, -0.05) is 13.8 Å². The molecule has 1 aliphatic heterocycles. The molecule has 0 aliphatic carbocycles. The Balaban J connectivity index is 1.63. The molecule has 1 aliphatic rings. The molecule has 1 fully saturated rings. The number of rotatable bonds is 9. The Labute approximate surface area is 205 Å². The Morgan fingerprint density at radius 1 is 1.26 bits per heavy atom. The van der Waals surface area contributed by atoms with Crippen molar-refractivity contribution in [3.8, 4) is 10.4 Å². The second-order valence-corrected chi connectivity index (χ2v) is 12.6. The molecule has 4 rings (SSSR count). The highest BCUT2D eigenvalue weighted by Gasteiger charge is 2.29. The van der Waals surface area contributed by atoms with E-state index in [1.807, 2.05) is 12.3 Å². The van der Waals surface area contributed by atoms with Crippen LogP contribution in [-0.4, -0.2) is 49.0 Å². The molecule has 4 N–H and O–H groups in total. The number of primary amides is 1. The van der Waals surface area contributed by atoms with Crippen molar-refractivity contribution < 1.29 is 13.2 Å². The average molecular weight is 503 g/mol. The number of carbonyl (C=O) groups excluding carboxylic acids is 1. The van der Waals surface area contributed by atoms with Crippen LogP contribution in [0.25, 0.3) is 21.3 Å². The molecule has 1 saturated heterocycles. The van der Waals surface area contributed by atoms with Gasteiger partial charge in [-0.25, -0.2) is 12.7 Å². The van der Waals surface area contributed by atoms with Crippen LogP contribution in [-0.2, 0) is 16.6 Å². The molecule has 0 radical (unpaired) electrons. The number of sulfonamides is 1. The van der Waals surface area contributed by atoms with Crippen molar-refractivity contribution in [2.24, 2.45) is 11.7 Å². The molecule has 0 spiro atoms. The Bertz CT molecular complexity index is 1270. The molecule has 184 valence electrons. The maximum Gasteiger partial charge on any atom is 0.250 e. The molecular formula is C25H34N4O3S2. The molecule has 9 heteroatoms. The summed E-state index contributed by atoms with van der Waals surface area (Å²) in [5, 5.41) is 6.62. The van der Waals surface area contributed by atoms with Crippen molar-refractivity contribution in [1.29, 1.82) is 0 Å². The minimum atomic E-state index is -3.17. The lowest BCUT2D eigenvalue weighted by Gasteiger charge is -2.31. The van der Waals surface area contributed by atoms with Gasteiger partial charge in [0.1, 0.15) is 0 Å². The first kappa shape index (κ1) is 24.9. The predicted molar refractivity (Wildman–Crippen MR) is 140 cm³/mol. The summed E-state index contributed by atoms with van der Waals surface area (Å²) in [6, 6.07) is 6.18. The molecule has 34 heavy (non-hydrogen) atoms. The fourth-order valence-corrected chi connectivity index (χ4v) is 6.72. The van der Waals surface area contributed by atoms with Gasteiger partial charge in [-0.2, -0.15) is 0 Å². The van der Waals surface area contributed by atoms with E-state index in [4.69, 9.17) is 5.73 Å². The van der Waals surface area contributed by atoms with Crippen LogP contribution in [0.2, 0.25) is 0 Å². The molecule has 2 aromatic heterocycles. The van der Waals surface area contributed by atoms with Crippen molar-refractivity contribution in [2.75, 3.05) is 25.4 Å². The van der Waals surface area contributed by atoms with E-state index in [-0.39, 0.29) is 11.7 Å². The molecule has 1 amide bonds. The van der Waals surface area contributed by atoms with Crippen molar-refractivity contribution >= 4 is 38.2 Å². The number of hydrogen-bond acceptors (Lipinski definition) is 5. The predicted octanol–water partition coefficient (Wildman–Crippen LogP) is 4.27. The number of carbonyl (C=O) groups is 1. The first-order valence-corrected chi connectivity index (χ1v) is 14.4. The van der Waals surface area contributed by atoms with E-state index in [2.05, 4.69) is 41.7 Å². The van der Waals surface area contributed by atoms with Gasteiger partial charge in [0.25, 0.3) is 5.91 Å². The number of amides is 1. The summed E-state index contributed by atoms with van der Waals surface area (Å²) in [5.41, 5.74) is 10.3. The summed E-state index contributed by atoms with van der Waals surface area (Å²) in [7, 11) is -3.17. The highest BCUT2D eigenvalue weighted by Crippen LogP contribution is 2.38. The van der Waals surface area contributed by atoms with Gasteiger partial charge in [0.05, 0.1) is 16.8 Å². The summed E-state index contributed by atoms with van der Waals surface area (Å²) in [6.07, 6.45) is 3.48. The van der Waals surface area contributed by atoms with Crippen LogP contribution in [0.1, 0.15) is 61.0 Å². The van der Waals surface area contributed by atoms with Gasteiger partial charge in [-0.05, 0) is 78.4 Å². The largest absolute Gasteiger partial charge is 0.366 e. The fourth-order valence-electron chi connectivity index (χ4n) is 4.68. The molecule has 0 unspecified atom stereocenters. The smallest absolute Gasteiger partial charge is 0.250 e. The Hall–Kier alpha value is -2.20. The molecule has 3 heterocycles. The quantitative estimate of drug-likeness (QED) is 0.406. The number of nitrogens with one attached hydrogen (secondary N) is 2. The molecule has 0 saturated carbocycles. The van der Waals surface area contributed by atoms with E-state index in [1.54, 1.807) is 22.6 Å². The van der Waals surface area contributed by atoms with Gasteiger partial charge in [0, 0.05) is 36.1 Å². The lowest BCUT2D eigenvalue weighted by Crippen LogP contribution is -2.38. The van der Waals surface area contributed by atoms with Crippen molar-refractivity contribution in [3.05, 3.63) is 46.5 Å². The minimum Gasteiger partial charge on any atom is -0.366 e. The zero-order valence-corrected chi connectivity index (χ0v) is 21.7. The molecule has 7 nitrogen and oxygen atoms in total. The zero-order chi connectivity index (χ0) is 24.5. The number of aromatic amines is 1. The third kappa shape index (κ3) is 5.22. The number of benzene rings is 1. The molecule has 0 atom stereocenters. The van der Waals surface area contributed by atoms with Gasteiger partial charge >= 0.3 is 0 Å². The Morgan fingerprint density at radius 2 is 2.00 bits per heavy atom. The number of fused-ring (bicyclic) bond motifs is 1. The summed E-state index contributed by atoms with van der Waals surface area (Å²) in [5.74, 6) is 0.498. The number of H-pyrrole nitrogens is 1. The first-order chi connectivity index (χ1) is 16.2. The Morgan fingerprint density at radius 3 is 2.65 bits per heavy atom. The highest BCUT2D eigenvalue weighted by molar-refractivity contribution is 7.89. The van der Waals surface area contributed by atoms with Crippen LogP contribution in [0.5, 0.6) is 0 Å². The monoisotopic (exact) mass is 502 g/mol. The number of piperidine rings is 1. The number of thiophene rings is 1. The lowest BCUT2D eigenvalue weighted by molar-refractivity contribution is 0.100. The highest BCUT2D eigenvalue weighted by atomic mass is 32.2. The zero-order valence-electron chi connectivity index (χ0n) is 20.1. The fraction of sp³-hybridized carbons (Fsp3) is 0.480. The molecule has 3 aromatic rings. The van der Waals surface area contributed by atoms with Crippen molar-refractivity contribution in [1.82, 2.24) is 14.6 Å². The normalized spacial score (nSPS) is 16.0. The van der Waals surface area contributed by atoms with E-state index in [0.717, 1.165) is 52.8 Å². The van der Waals surface area contributed by atoms with E-state index in [0.29, 0.717) is 24.6 Å². The summed E-state index contributed by atoms with van der Waals surface area (Å²) in [6.45, 7) is 8.88. The van der Waals surface area contributed by atoms with Crippen LogP contribution in [0.4, 0.5) is 0 Å². The molecular weight excluding hydrogens is 468 g/mol. The van der Waals surface area contributed by atoms with Gasteiger partial charge < -0.3 is 16.0 Å². The standard InChI is InChI=1S/C25H34N4O3S2/c1-4-34(31,32)29-7-5-18(6-8-29)22-14-28-24-20(22)10-19(11-21(24)25(26)30)23-9-17(15-33-23)13-27-12-16(2)3/h9-11,14-16,18,27-28H,4-8,12-13H2,1-3H3,(H2,26,30). The van der Waals surface area contributed by atoms with Gasteiger partial charge in [0.2, 0.25) is 10.0 Å². The molecule has 1 aromatic carbocycles. The first-order valence-electron chi connectivity index (χ1n) is 11.9. The minimum absolute atomic E-state index is 0.131. The van der Waals surface area contributed by atoms with Crippen LogP contribution in [0.3, 0.4) is 0 Å². The number of nitrogens with two attached hydrogens (primary N) is 1. The topological polar surface area (TPSA) is 108 Å². The Kier molecular flexibility index (Phi) is 7.47. The van der Waals surface area contributed by atoms with E-state index >= 15 is 0 Å². The van der Waals surface area contributed by atoms with Crippen molar-refractivity contribution in [2.45, 2.75) is 46.1 Å². The third-order valence-corrected chi connectivity index (χ3v) is 9.47. The second kappa shape index (κ2) is 10.2. The van der Waals surface area contributed by atoms with Gasteiger partial charge in [0.15, 0.2) is 0 Å². The SMILES string of the molecule is CCS(=O)(=O)N1CCC(c2c[nH]c3c(C(N)=O)cc(-c4cc(CNCC(C)C)cs4)cc23)CC1. The lowest BCUT2D eigenvalue weighted by atomic mass is 9.89. The maximum atomic E-state index is 12.3. The van der Waals surface area contributed by atoms with Crippen LogP contribution >= 0.6 is 11.3 Å². The van der Waals surface area contributed by atoms with Crippen LogP contribution < -0.4 is 11.1 Å². The molecule has 0 bridgehead atoms. The van der Waals surface area contributed by atoms with Crippen LogP contribution in [0, 0.1) is 5.92 Å². The van der Waals surface area contributed by atoms with E-state index in [1.165, 1.54) is 5.56 Å². The van der Waals surface area contributed by atoms with Gasteiger partial charge in [-0.15, -0.1) is 11.3 Å². The summed E-state index contributed by atoms with van der Waals surface area (Å²) in [4.78, 5) is 16.7. The van der Waals surface area contributed by atoms with Gasteiger partial charge in [-0.3, -0.25) is 4.79 Å². The van der Waals surface area contributed by atoms with Crippen LogP contribution in [0.15, 0.2) is 29.8 Å². The van der Waals surface area contributed by atoms with E-state index < -0.39 is 15.9 Å². The second-order valence-electron chi connectivity index (χ2n) is 9.47. The third-order valence-electron chi connectivity index (χ3n) is 6.56. The maximum absolute atomic E-state index is 12.3. The summed E-state index contributed by atoms with van der Waals surface area (Å²) < 4.78 is 26.1. The number of aromatic nitrogens is 1. The average Bonchev–Trinajstić information content (AvgIpc) is 3.45. The van der Waals surface area contributed by atoms with E-state index in [9.17, 15) is 13.2 Å². The van der Waals surface area contributed by atoms with Crippen molar-refractivity contribution in [3.63, 3.8) is 0 Å².